The van der Waals surface area contributed by atoms with Gasteiger partial charge in [0, 0.05) is 0 Å². The monoisotopic (exact) mass is 357 g/mol. The molecule has 2 unspecified atom stereocenters. The van der Waals surface area contributed by atoms with E-state index >= 15 is 0 Å². The van der Waals surface area contributed by atoms with Crippen LogP contribution in [0.4, 0.5) is 0 Å². The number of ether oxygens (including phenoxy) is 3. The second-order valence-electron chi connectivity index (χ2n) is 5.98. The zero-order valence-electron chi connectivity index (χ0n) is 13.9. The molecule has 2 aromatic carbocycles. The van der Waals surface area contributed by atoms with Crippen molar-refractivity contribution >= 4 is 17.7 Å². The minimum atomic E-state index is -0.168. The third-order valence-corrected chi connectivity index (χ3v) is 5.59. The Balaban J connectivity index is 1.49. The first-order valence-corrected chi connectivity index (χ1v) is 9.23. The van der Waals surface area contributed by atoms with Gasteiger partial charge < -0.3 is 19.1 Å². The van der Waals surface area contributed by atoms with Crippen molar-refractivity contribution in [2.24, 2.45) is 0 Å². The number of amides is 1. The minimum absolute atomic E-state index is 0.000763. The highest BCUT2D eigenvalue weighted by molar-refractivity contribution is 8.00. The standard InChI is InChI=1S/C19H19NO4S/c1-22-14-8-6-13(7-9-14)19-20(18(21)12-25-19)10-15-11-23-16-4-2-3-5-17(16)24-15/h2-9,15,19H,10-12H2,1H3. The van der Waals surface area contributed by atoms with Crippen molar-refractivity contribution in [3.8, 4) is 17.2 Å². The van der Waals surface area contributed by atoms with Crippen LogP contribution in [0.1, 0.15) is 10.9 Å². The van der Waals surface area contributed by atoms with Crippen LogP contribution in [0.5, 0.6) is 17.2 Å². The predicted molar refractivity (Wildman–Crippen MR) is 96.3 cm³/mol. The van der Waals surface area contributed by atoms with Gasteiger partial charge in [0.25, 0.3) is 0 Å². The molecule has 0 saturated carbocycles. The Morgan fingerprint density at radius 3 is 2.68 bits per heavy atom. The summed E-state index contributed by atoms with van der Waals surface area (Å²) in [7, 11) is 1.65. The van der Waals surface area contributed by atoms with Gasteiger partial charge in [-0.25, -0.2) is 0 Å². The average Bonchev–Trinajstić information content (AvgIpc) is 3.02. The first-order chi connectivity index (χ1) is 12.2. The molecule has 1 amide bonds. The Morgan fingerprint density at radius 2 is 1.92 bits per heavy atom. The van der Waals surface area contributed by atoms with Gasteiger partial charge in [0.1, 0.15) is 17.7 Å². The van der Waals surface area contributed by atoms with Crippen molar-refractivity contribution < 1.29 is 19.0 Å². The normalized spacial score (nSPS) is 22.1. The molecule has 0 spiro atoms. The van der Waals surface area contributed by atoms with E-state index in [-0.39, 0.29) is 17.4 Å². The molecule has 1 fully saturated rings. The van der Waals surface area contributed by atoms with E-state index in [0.717, 1.165) is 22.8 Å². The quantitative estimate of drug-likeness (QED) is 0.841. The van der Waals surface area contributed by atoms with Gasteiger partial charge in [-0.05, 0) is 29.8 Å². The molecule has 4 rings (SSSR count). The van der Waals surface area contributed by atoms with Gasteiger partial charge >= 0.3 is 0 Å². The number of fused-ring (bicyclic) bond motifs is 1. The van der Waals surface area contributed by atoms with Crippen molar-refractivity contribution in [3.05, 3.63) is 54.1 Å². The van der Waals surface area contributed by atoms with Gasteiger partial charge in [-0.2, -0.15) is 0 Å². The van der Waals surface area contributed by atoms with Crippen molar-refractivity contribution in [3.63, 3.8) is 0 Å². The maximum absolute atomic E-state index is 12.4. The van der Waals surface area contributed by atoms with E-state index in [1.54, 1.807) is 18.9 Å². The van der Waals surface area contributed by atoms with Gasteiger partial charge in [0.05, 0.1) is 19.4 Å². The van der Waals surface area contributed by atoms with Crippen LogP contribution in [0.25, 0.3) is 0 Å². The van der Waals surface area contributed by atoms with Crippen molar-refractivity contribution in [1.82, 2.24) is 4.90 Å². The van der Waals surface area contributed by atoms with Crippen molar-refractivity contribution in [2.75, 3.05) is 26.0 Å². The molecule has 2 heterocycles. The molecule has 0 aliphatic carbocycles. The summed E-state index contributed by atoms with van der Waals surface area (Å²) in [5, 5.41) is -0.000763. The predicted octanol–water partition coefficient (Wildman–Crippen LogP) is 3.11. The highest BCUT2D eigenvalue weighted by atomic mass is 32.2. The van der Waals surface area contributed by atoms with Crippen molar-refractivity contribution in [2.45, 2.75) is 11.5 Å². The first kappa shape index (κ1) is 16.1. The van der Waals surface area contributed by atoms with Crippen LogP contribution in [0.15, 0.2) is 48.5 Å². The van der Waals surface area contributed by atoms with Crippen LogP contribution < -0.4 is 14.2 Å². The smallest absolute Gasteiger partial charge is 0.233 e. The summed E-state index contributed by atoms with van der Waals surface area (Å²) in [6.45, 7) is 0.956. The third-order valence-electron chi connectivity index (χ3n) is 4.34. The Hall–Kier alpha value is -2.34. The van der Waals surface area contributed by atoms with E-state index in [0.29, 0.717) is 18.9 Å². The zero-order valence-corrected chi connectivity index (χ0v) is 14.7. The molecule has 0 bridgehead atoms. The van der Waals surface area contributed by atoms with E-state index in [1.807, 2.05) is 53.4 Å². The first-order valence-electron chi connectivity index (χ1n) is 8.18. The van der Waals surface area contributed by atoms with E-state index in [2.05, 4.69) is 0 Å². The summed E-state index contributed by atoms with van der Waals surface area (Å²) in [5.41, 5.74) is 1.09. The maximum atomic E-state index is 12.4. The molecule has 0 N–H and O–H groups in total. The summed E-state index contributed by atoms with van der Waals surface area (Å²) < 4.78 is 17.0. The Kier molecular flexibility index (Phi) is 4.44. The third kappa shape index (κ3) is 3.26. The number of carbonyl (C=O) groups is 1. The van der Waals surface area contributed by atoms with Gasteiger partial charge in [-0.1, -0.05) is 24.3 Å². The number of benzene rings is 2. The minimum Gasteiger partial charge on any atom is -0.497 e. The second kappa shape index (κ2) is 6.88. The SMILES string of the molecule is COc1ccc(C2SCC(=O)N2CC2COc3ccccc3O2)cc1. The number of hydrogen-bond acceptors (Lipinski definition) is 5. The van der Waals surface area contributed by atoms with E-state index in [1.165, 1.54) is 0 Å². The van der Waals surface area contributed by atoms with Gasteiger partial charge in [0.2, 0.25) is 5.91 Å². The fourth-order valence-corrected chi connectivity index (χ4v) is 4.27. The summed E-state index contributed by atoms with van der Waals surface area (Å²) in [5.74, 6) is 2.92. The lowest BCUT2D eigenvalue weighted by molar-refractivity contribution is -0.129. The lowest BCUT2D eigenvalue weighted by Crippen LogP contribution is -2.42. The molecule has 6 heteroatoms. The zero-order chi connectivity index (χ0) is 17.2. The van der Waals surface area contributed by atoms with Crippen LogP contribution in [-0.2, 0) is 4.79 Å². The highest BCUT2D eigenvalue weighted by Gasteiger charge is 2.36. The van der Waals surface area contributed by atoms with Crippen LogP contribution in [-0.4, -0.2) is 42.9 Å². The van der Waals surface area contributed by atoms with E-state index < -0.39 is 0 Å². The van der Waals surface area contributed by atoms with E-state index in [4.69, 9.17) is 14.2 Å². The fourth-order valence-electron chi connectivity index (χ4n) is 3.07. The number of methoxy groups -OCH3 is 1. The van der Waals surface area contributed by atoms with Crippen LogP contribution in [0.2, 0.25) is 0 Å². The summed E-state index contributed by atoms with van der Waals surface area (Å²) in [6, 6.07) is 15.5. The van der Waals surface area contributed by atoms with Crippen LogP contribution >= 0.6 is 11.8 Å². The number of rotatable bonds is 4. The summed E-state index contributed by atoms with van der Waals surface area (Å²) in [4.78, 5) is 14.3. The second-order valence-corrected chi connectivity index (χ2v) is 7.05. The molecule has 2 aliphatic rings. The highest BCUT2D eigenvalue weighted by Crippen LogP contribution is 2.40. The number of nitrogens with zero attached hydrogens (tertiary/aromatic N) is 1. The van der Waals surface area contributed by atoms with Gasteiger partial charge in [-0.15, -0.1) is 11.8 Å². The van der Waals surface area contributed by atoms with Crippen LogP contribution in [0, 0.1) is 0 Å². The molecular formula is C19H19NO4S. The molecule has 130 valence electrons. The fraction of sp³-hybridized carbons (Fsp3) is 0.316. The lowest BCUT2D eigenvalue weighted by atomic mass is 10.2. The number of thioether (sulfide) groups is 1. The molecule has 5 nitrogen and oxygen atoms in total. The maximum Gasteiger partial charge on any atom is 0.233 e. The molecular weight excluding hydrogens is 338 g/mol. The number of para-hydroxylation sites is 2. The summed E-state index contributed by atoms with van der Waals surface area (Å²) in [6.07, 6.45) is -0.168. The largest absolute Gasteiger partial charge is 0.497 e. The molecule has 2 atom stereocenters. The molecule has 1 saturated heterocycles. The molecule has 2 aromatic rings. The number of hydrogen-bond donors (Lipinski definition) is 0. The van der Waals surface area contributed by atoms with Crippen molar-refractivity contribution in [1.29, 1.82) is 0 Å². The van der Waals surface area contributed by atoms with E-state index in [9.17, 15) is 4.79 Å². The molecule has 0 aromatic heterocycles. The van der Waals surface area contributed by atoms with Gasteiger partial charge in [-0.3, -0.25) is 4.79 Å². The Bertz CT molecular complexity index is 764. The Labute approximate surface area is 150 Å². The molecule has 0 radical (unpaired) electrons. The topological polar surface area (TPSA) is 48.0 Å². The average molecular weight is 357 g/mol. The Morgan fingerprint density at radius 1 is 1.16 bits per heavy atom. The molecule has 2 aliphatic heterocycles. The van der Waals surface area contributed by atoms with Crippen LogP contribution in [0.3, 0.4) is 0 Å². The van der Waals surface area contributed by atoms with Gasteiger partial charge in [0.15, 0.2) is 17.6 Å². The summed E-state index contributed by atoms with van der Waals surface area (Å²) >= 11 is 1.64. The molecule has 25 heavy (non-hydrogen) atoms. The lowest BCUT2D eigenvalue weighted by Gasteiger charge is -2.32. The number of carbonyl (C=O) groups excluding carboxylic acids is 1.